The minimum Gasteiger partial charge on any atom is -0.462 e. The van der Waals surface area contributed by atoms with Crippen LogP contribution in [0.25, 0.3) is 0 Å². The minimum atomic E-state index is -0.308. The van der Waals surface area contributed by atoms with Crippen LogP contribution >= 0.6 is 11.6 Å². The zero-order valence-corrected chi connectivity index (χ0v) is 15.4. The monoisotopic (exact) mass is 372 g/mol. The number of carbonyl (C=O) groups is 2. The molecule has 0 atom stereocenters. The molecule has 1 aliphatic heterocycles. The van der Waals surface area contributed by atoms with Gasteiger partial charge in [-0.05, 0) is 55.5 Å². The van der Waals surface area contributed by atoms with Crippen molar-refractivity contribution in [1.82, 2.24) is 4.90 Å². The van der Waals surface area contributed by atoms with Gasteiger partial charge in [0.15, 0.2) is 0 Å². The molecule has 0 unspecified atom stereocenters. The molecule has 0 N–H and O–H groups in total. The second-order valence-corrected chi connectivity index (χ2v) is 6.49. The van der Waals surface area contributed by atoms with Crippen LogP contribution in [0.1, 0.15) is 27.6 Å². The summed E-state index contributed by atoms with van der Waals surface area (Å²) in [6.45, 7) is 4.96. The number of benzene rings is 2. The number of anilines is 1. The number of nitrogens with zero attached hydrogens (tertiary/aromatic N) is 2. The van der Waals surface area contributed by atoms with Crippen LogP contribution in [0.4, 0.5) is 5.69 Å². The number of hydrogen-bond acceptors (Lipinski definition) is 4. The maximum absolute atomic E-state index is 12.5. The van der Waals surface area contributed by atoms with Gasteiger partial charge in [0, 0.05) is 42.5 Å². The van der Waals surface area contributed by atoms with Gasteiger partial charge in [-0.2, -0.15) is 0 Å². The van der Waals surface area contributed by atoms with E-state index in [1.165, 1.54) is 0 Å². The summed E-state index contributed by atoms with van der Waals surface area (Å²) in [6, 6.07) is 14.4. The summed E-state index contributed by atoms with van der Waals surface area (Å²) < 4.78 is 5.00. The van der Waals surface area contributed by atoms with Crippen molar-refractivity contribution >= 4 is 29.2 Å². The van der Waals surface area contributed by atoms with E-state index in [1.54, 1.807) is 43.3 Å². The molecule has 6 heteroatoms. The smallest absolute Gasteiger partial charge is 0.338 e. The number of hydrogen-bond donors (Lipinski definition) is 0. The molecule has 1 fully saturated rings. The Morgan fingerprint density at radius 2 is 1.50 bits per heavy atom. The fourth-order valence-electron chi connectivity index (χ4n) is 2.97. The van der Waals surface area contributed by atoms with Gasteiger partial charge >= 0.3 is 5.97 Å². The van der Waals surface area contributed by atoms with Crippen molar-refractivity contribution in [3.05, 3.63) is 64.7 Å². The maximum atomic E-state index is 12.5. The standard InChI is InChI=1S/C20H21ClN2O3/c1-2-26-20(25)16-5-9-18(10-6-16)22-11-13-23(14-12-22)19(24)15-3-7-17(21)8-4-15/h3-10H,2,11-14H2,1H3. The topological polar surface area (TPSA) is 49.9 Å². The SMILES string of the molecule is CCOC(=O)c1ccc(N2CCN(C(=O)c3ccc(Cl)cc3)CC2)cc1. The molecule has 1 amide bonds. The van der Waals surface area contributed by atoms with Gasteiger partial charge < -0.3 is 14.5 Å². The molecule has 2 aromatic rings. The number of rotatable bonds is 4. The molecule has 136 valence electrons. The number of esters is 1. The van der Waals surface area contributed by atoms with E-state index in [0.29, 0.717) is 35.8 Å². The van der Waals surface area contributed by atoms with Crippen LogP contribution in [0.2, 0.25) is 5.02 Å². The summed E-state index contributed by atoms with van der Waals surface area (Å²) in [5.41, 5.74) is 2.24. The van der Waals surface area contributed by atoms with E-state index in [1.807, 2.05) is 17.0 Å². The van der Waals surface area contributed by atoms with Gasteiger partial charge in [0.1, 0.15) is 0 Å². The highest BCUT2D eigenvalue weighted by atomic mass is 35.5. The van der Waals surface area contributed by atoms with Crippen LogP contribution in [-0.4, -0.2) is 49.6 Å². The van der Waals surface area contributed by atoms with Crippen molar-refractivity contribution in [1.29, 1.82) is 0 Å². The van der Waals surface area contributed by atoms with Gasteiger partial charge in [-0.15, -0.1) is 0 Å². The molecule has 3 rings (SSSR count). The first-order valence-corrected chi connectivity index (χ1v) is 9.03. The predicted molar refractivity (Wildman–Crippen MR) is 102 cm³/mol. The Bertz CT molecular complexity index is 767. The van der Waals surface area contributed by atoms with Crippen LogP contribution in [0, 0.1) is 0 Å². The van der Waals surface area contributed by atoms with Gasteiger partial charge in [0.25, 0.3) is 5.91 Å². The first-order chi connectivity index (χ1) is 12.6. The van der Waals surface area contributed by atoms with Gasteiger partial charge in [0.05, 0.1) is 12.2 Å². The molecule has 0 spiro atoms. The molecule has 26 heavy (non-hydrogen) atoms. The largest absolute Gasteiger partial charge is 0.462 e. The van der Waals surface area contributed by atoms with E-state index in [4.69, 9.17) is 16.3 Å². The fraction of sp³-hybridized carbons (Fsp3) is 0.300. The van der Waals surface area contributed by atoms with E-state index < -0.39 is 0 Å². The summed E-state index contributed by atoms with van der Waals surface area (Å²) in [6.07, 6.45) is 0. The first-order valence-electron chi connectivity index (χ1n) is 8.65. The molecular formula is C20H21ClN2O3. The van der Waals surface area contributed by atoms with Gasteiger partial charge in [0.2, 0.25) is 0 Å². The average molecular weight is 373 g/mol. The third-order valence-electron chi connectivity index (χ3n) is 4.40. The number of piperazine rings is 1. The quantitative estimate of drug-likeness (QED) is 0.771. The normalized spacial score (nSPS) is 14.2. The highest BCUT2D eigenvalue weighted by Crippen LogP contribution is 2.19. The van der Waals surface area contributed by atoms with Gasteiger partial charge in [-0.25, -0.2) is 4.79 Å². The van der Waals surface area contributed by atoms with Crippen LogP contribution in [0.5, 0.6) is 0 Å². The van der Waals surface area contributed by atoms with E-state index in [0.717, 1.165) is 18.8 Å². The Labute approximate surface area is 158 Å². The highest BCUT2D eigenvalue weighted by Gasteiger charge is 2.22. The zero-order chi connectivity index (χ0) is 18.5. The van der Waals surface area contributed by atoms with Crippen molar-refractivity contribution < 1.29 is 14.3 Å². The molecule has 1 aliphatic rings. The lowest BCUT2D eigenvalue weighted by Gasteiger charge is -2.36. The Balaban J connectivity index is 1.59. The van der Waals surface area contributed by atoms with Crippen molar-refractivity contribution in [2.24, 2.45) is 0 Å². The number of halogens is 1. The Morgan fingerprint density at radius 1 is 0.923 bits per heavy atom. The zero-order valence-electron chi connectivity index (χ0n) is 14.7. The fourth-order valence-corrected chi connectivity index (χ4v) is 3.09. The first kappa shape index (κ1) is 18.3. The van der Waals surface area contributed by atoms with Crippen molar-refractivity contribution in [2.75, 3.05) is 37.7 Å². The second-order valence-electron chi connectivity index (χ2n) is 6.05. The average Bonchev–Trinajstić information content (AvgIpc) is 2.68. The molecule has 1 heterocycles. The maximum Gasteiger partial charge on any atom is 0.338 e. The third-order valence-corrected chi connectivity index (χ3v) is 4.65. The lowest BCUT2D eigenvalue weighted by molar-refractivity contribution is 0.0526. The number of carbonyl (C=O) groups excluding carboxylic acids is 2. The van der Waals surface area contributed by atoms with Crippen molar-refractivity contribution in [3.8, 4) is 0 Å². The van der Waals surface area contributed by atoms with Crippen LogP contribution < -0.4 is 4.90 Å². The molecule has 0 aromatic heterocycles. The van der Waals surface area contributed by atoms with E-state index in [-0.39, 0.29) is 11.9 Å². The van der Waals surface area contributed by atoms with Crippen molar-refractivity contribution in [2.45, 2.75) is 6.92 Å². The molecule has 0 aliphatic carbocycles. The van der Waals surface area contributed by atoms with Gasteiger partial charge in [-0.1, -0.05) is 11.6 Å². The van der Waals surface area contributed by atoms with Crippen LogP contribution in [-0.2, 0) is 4.74 Å². The highest BCUT2D eigenvalue weighted by molar-refractivity contribution is 6.30. The Hall–Kier alpha value is -2.53. The molecule has 1 saturated heterocycles. The summed E-state index contributed by atoms with van der Waals surface area (Å²) in [5.74, 6) is -0.281. The molecular weight excluding hydrogens is 352 g/mol. The minimum absolute atomic E-state index is 0.0268. The summed E-state index contributed by atoms with van der Waals surface area (Å²) in [5, 5.41) is 0.623. The van der Waals surface area contributed by atoms with E-state index in [9.17, 15) is 9.59 Å². The van der Waals surface area contributed by atoms with Crippen molar-refractivity contribution in [3.63, 3.8) is 0 Å². The molecule has 0 bridgehead atoms. The van der Waals surface area contributed by atoms with Gasteiger partial charge in [-0.3, -0.25) is 4.79 Å². The lowest BCUT2D eigenvalue weighted by Crippen LogP contribution is -2.48. The van der Waals surface area contributed by atoms with Crippen LogP contribution in [0.15, 0.2) is 48.5 Å². The summed E-state index contributed by atoms with van der Waals surface area (Å²) in [4.78, 5) is 28.3. The molecule has 5 nitrogen and oxygen atoms in total. The van der Waals surface area contributed by atoms with E-state index >= 15 is 0 Å². The van der Waals surface area contributed by atoms with E-state index in [2.05, 4.69) is 4.90 Å². The number of ether oxygens (including phenoxy) is 1. The Morgan fingerprint density at radius 3 is 2.08 bits per heavy atom. The molecule has 0 saturated carbocycles. The third kappa shape index (κ3) is 4.17. The lowest BCUT2D eigenvalue weighted by atomic mass is 10.1. The van der Waals surface area contributed by atoms with Crippen LogP contribution in [0.3, 0.4) is 0 Å². The predicted octanol–water partition coefficient (Wildman–Crippen LogP) is 3.48. The molecule has 2 aromatic carbocycles. The second kappa shape index (κ2) is 8.23. The number of amides is 1. The summed E-state index contributed by atoms with van der Waals surface area (Å²) >= 11 is 5.88. The Kier molecular flexibility index (Phi) is 5.78. The molecule has 0 radical (unpaired) electrons. The summed E-state index contributed by atoms with van der Waals surface area (Å²) in [7, 11) is 0.